The van der Waals surface area contributed by atoms with Crippen LogP contribution in [0.25, 0.3) is 0 Å². The zero-order valence-electron chi connectivity index (χ0n) is 7.23. The van der Waals surface area contributed by atoms with Crippen LogP contribution < -0.4 is 5.90 Å². The second-order valence-electron chi connectivity index (χ2n) is 2.78. The van der Waals surface area contributed by atoms with Crippen molar-refractivity contribution in [3.8, 4) is 0 Å². The molecule has 0 fully saturated rings. The van der Waals surface area contributed by atoms with Gasteiger partial charge in [-0.2, -0.15) is 0 Å². The Balaban J connectivity index is 3.14. The first-order valence-electron chi connectivity index (χ1n) is 3.73. The van der Waals surface area contributed by atoms with Crippen molar-refractivity contribution in [2.45, 2.75) is 20.5 Å². The summed E-state index contributed by atoms with van der Waals surface area (Å²) in [6.45, 7) is 4.59. The monoisotopic (exact) mass is 229 g/mol. The number of rotatable bonds is 2. The van der Waals surface area contributed by atoms with E-state index in [1.54, 1.807) is 0 Å². The Hall–Kier alpha value is -0.380. The quantitative estimate of drug-likeness (QED) is 0.792. The Morgan fingerprint density at radius 1 is 1.42 bits per heavy atom. The third-order valence-electron chi connectivity index (χ3n) is 2.04. The van der Waals surface area contributed by atoms with Gasteiger partial charge in [0.05, 0.1) is 6.61 Å². The van der Waals surface area contributed by atoms with E-state index >= 15 is 0 Å². The van der Waals surface area contributed by atoms with Gasteiger partial charge in [0, 0.05) is 4.47 Å². The predicted molar refractivity (Wildman–Crippen MR) is 52.6 cm³/mol. The maximum absolute atomic E-state index is 5.03. The number of hydrogen-bond donors (Lipinski definition) is 1. The number of hydrogen-bond acceptors (Lipinski definition) is 2. The second kappa shape index (κ2) is 4.03. The number of aryl methyl sites for hydroxylation is 1. The van der Waals surface area contributed by atoms with E-state index < -0.39 is 0 Å². The molecule has 0 aromatic heterocycles. The molecular weight excluding hydrogens is 218 g/mol. The number of benzene rings is 1. The Kier molecular flexibility index (Phi) is 3.26. The van der Waals surface area contributed by atoms with Crippen LogP contribution in [-0.4, -0.2) is 0 Å². The van der Waals surface area contributed by atoms with Gasteiger partial charge in [0.1, 0.15) is 0 Å². The van der Waals surface area contributed by atoms with Gasteiger partial charge in [0.25, 0.3) is 0 Å². The molecule has 12 heavy (non-hydrogen) atoms. The predicted octanol–water partition coefficient (Wildman–Crippen LogP) is 2.46. The third kappa shape index (κ3) is 1.86. The summed E-state index contributed by atoms with van der Waals surface area (Å²) in [5.41, 5.74) is 3.61. The van der Waals surface area contributed by atoms with Crippen molar-refractivity contribution in [1.82, 2.24) is 0 Å². The van der Waals surface area contributed by atoms with Crippen molar-refractivity contribution in [2.75, 3.05) is 0 Å². The summed E-state index contributed by atoms with van der Waals surface area (Å²) in [6, 6.07) is 4.08. The zero-order chi connectivity index (χ0) is 9.14. The minimum atomic E-state index is 0.452. The number of halogens is 1. The molecule has 0 spiro atoms. The molecule has 0 unspecified atom stereocenters. The van der Waals surface area contributed by atoms with E-state index in [4.69, 9.17) is 5.90 Å². The molecule has 2 nitrogen and oxygen atoms in total. The van der Waals surface area contributed by atoms with Crippen LogP contribution in [0, 0.1) is 13.8 Å². The molecule has 0 aliphatic carbocycles. The molecule has 0 atom stereocenters. The third-order valence-corrected chi connectivity index (χ3v) is 2.78. The van der Waals surface area contributed by atoms with Crippen LogP contribution in [0.3, 0.4) is 0 Å². The molecule has 1 aromatic carbocycles. The maximum Gasteiger partial charge on any atom is 0.0943 e. The van der Waals surface area contributed by atoms with Crippen LogP contribution in [0.5, 0.6) is 0 Å². The average molecular weight is 230 g/mol. The summed E-state index contributed by atoms with van der Waals surface area (Å²) in [5.74, 6) is 5.03. The van der Waals surface area contributed by atoms with Crippen LogP contribution >= 0.6 is 15.9 Å². The lowest BCUT2D eigenvalue weighted by Gasteiger charge is -2.09. The van der Waals surface area contributed by atoms with E-state index in [1.807, 2.05) is 6.07 Å². The maximum atomic E-state index is 5.03. The molecule has 0 saturated heterocycles. The highest BCUT2D eigenvalue weighted by Gasteiger charge is 2.04. The lowest BCUT2D eigenvalue weighted by molar-refractivity contribution is 0.123. The lowest BCUT2D eigenvalue weighted by atomic mass is 10.0. The first kappa shape index (κ1) is 9.71. The van der Waals surface area contributed by atoms with E-state index in [1.165, 1.54) is 11.1 Å². The van der Waals surface area contributed by atoms with Gasteiger partial charge >= 0.3 is 0 Å². The minimum Gasteiger partial charge on any atom is -0.300 e. The smallest absolute Gasteiger partial charge is 0.0943 e. The second-order valence-corrected chi connectivity index (χ2v) is 3.63. The van der Waals surface area contributed by atoms with Crippen LogP contribution in [-0.2, 0) is 11.4 Å². The molecule has 0 amide bonds. The highest BCUT2D eigenvalue weighted by Crippen LogP contribution is 2.23. The van der Waals surface area contributed by atoms with E-state index in [0.717, 1.165) is 10.0 Å². The van der Waals surface area contributed by atoms with Gasteiger partial charge in [-0.15, -0.1) is 0 Å². The molecule has 3 heteroatoms. The first-order chi connectivity index (χ1) is 5.66. The summed E-state index contributed by atoms with van der Waals surface area (Å²) < 4.78 is 1.05. The molecule has 0 bridgehead atoms. The van der Waals surface area contributed by atoms with Gasteiger partial charge < -0.3 is 0 Å². The first-order valence-corrected chi connectivity index (χ1v) is 4.52. The number of nitrogens with two attached hydrogens (primary N) is 1. The van der Waals surface area contributed by atoms with Crippen molar-refractivity contribution in [1.29, 1.82) is 0 Å². The summed E-state index contributed by atoms with van der Waals surface area (Å²) in [4.78, 5) is 4.61. The Bertz CT molecular complexity index is 286. The molecule has 2 N–H and O–H groups in total. The highest BCUT2D eigenvalue weighted by atomic mass is 79.9. The van der Waals surface area contributed by atoms with Crippen molar-refractivity contribution in [3.63, 3.8) is 0 Å². The summed E-state index contributed by atoms with van der Waals surface area (Å²) in [7, 11) is 0. The molecular formula is C9H12BrNO. The Morgan fingerprint density at radius 3 is 2.67 bits per heavy atom. The summed E-state index contributed by atoms with van der Waals surface area (Å²) in [5, 5.41) is 0. The fraction of sp³-hybridized carbons (Fsp3) is 0.333. The minimum absolute atomic E-state index is 0.452. The molecule has 0 aliphatic rings. The fourth-order valence-electron chi connectivity index (χ4n) is 1.10. The van der Waals surface area contributed by atoms with Crippen molar-refractivity contribution in [2.24, 2.45) is 5.90 Å². The SMILES string of the molecule is Cc1ccc(Br)c(CON)c1C. The standard InChI is InChI=1S/C9H12BrNO/c1-6-3-4-9(10)8(5-12-11)7(6)2/h3-4H,5,11H2,1-2H3. The summed E-state index contributed by atoms with van der Waals surface area (Å²) >= 11 is 3.45. The van der Waals surface area contributed by atoms with Gasteiger partial charge in [-0.3, -0.25) is 4.84 Å². The molecule has 0 aliphatic heterocycles. The zero-order valence-corrected chi connectivity index (χ0v) is 8.81. The van der Waals surface area contributed by atoms with E-state index in [2.05, 4.69) is 40.7 Å². The molecule has 0 radical (unpaired) electrons. The molecule has 0 heterocycles. The average Bonchev–Trinajstić information content (AvgIpc) is 2.06. The molecule has 1 rings (SSSR count). The Labute approximate surface area is 80.8 Å². The normalized spacial score (nSPS) is 10.3. The van der Waals surface area contributed by atoms with Gasteiger partial charge in [0.2, 0.25) is 0 Å². The van der Waals surface area contributed by atoms with Crippen LogP contribution in [0.4, 0.5) is 0 Å². The molecule has 0 saturated carbocycles. The largest absolute Gasteiger partial charge is 0.300 e. The van der Waals surface area contributed by atoms with Gasteiger partial charge in [-0.05, 0) is 36.6 Å². The Morgan fingerprint density at radius 2 is 2.08 bits per heavy atom. The summed E-state index contributed by atoms with van der Waals surface area (Å²) in [6.07, 6.45) is 0. The van der Waals surface area contributed by atoms with E-state index in [-0.39, 0.29) is 0 Å². The van der Waals surface area contributed by atoms with E-state index in [0.29, 0.717) is 6.61 Å². The highest BCUT2D eigenvalue weighted by molar-refractivity contribution is 9.10. The van der Waals surface area contributed by atoms with Gasteiger partial charge in [0.15, 0.2) is 0 Å². The van der Waals surface area contributed by atoms with Crippen molar-refractivity contribution in [3.05, 3.63) is 33.3 Å². The fourth-order valence-corrected chi connectivity index (χ4v) is 1.65. The van der Waals surface area contributed by atoms with Gasteiger partial charge in [-0.25, -0.2) is 5.90 Å². The van der Waals surface area contributed by atoms with Crippen LogP contribution in [0.2, 0.25) is 0 Å². The molecule has 1 aromatic rings. The lowest BCUT2D eigenvalue weighted by Crippen LogP contribution is -2.02. The van der Waals surface area contributed by atoms with Gasteiger partial charge in [-0.1, -0.05) is 22.0 Å². The topological polar surface area (TPSA) is 35.2 Å². The van der Waals surface area contributed by atoms with Crippen LogP contribution in [0.15, 0.2) is 16.6 Å². The van der Waals surface area contributed by atoms with Crippen LogP contribution in [0.1, 0.15) is 16.7 Å². The van der Waals surface area contributed by atoms with Crippen molar-refractivity contribution >= 4 is 15.9 Å². The van der Waals surface area contributed by atoms with Crippen molar-refractivity contribution < 1.29 is 4.84 Å². The van der Waals surface area contributed by atoms with E-state index in [9.17, 15) is 0 Å². The molecule has 66 valence electrons.